The highest BCUT2D eigenvalue weighted by Crippen LogP contribution is 2.05. The molecule has 6 nitrogen and oxygen atoms in total. The third-order valence-electron chi connectivity index (χ3n) is 2.43. The van der Waals surface area contributed by atoms with Gasteiger partial charge in [-0.15, -0.1) is 0 Å². The molecule has 0 spiro atoms. The second-order valence-electron chi connectivity index (χ2n) is 4.17. The van der Waals surface area contributed by atoms with Crippen molar-refractivity contribution in [2.24, 2.45) is 0 Å². The first kappa shape index (κ1) is 13.1. The van der Waals surface area contributed by atoms with E-state index in [0.717, 1.165) is 0 Å². The molecule has 2 aromatic heterocycles. The van der Waals surface area contributed by atoms with E-state index in [4.69, 9.17) is 4.74 Å². The van der Waals surface area contributed by atoms with E-state index in [9.17, 15) is 4.79 Å². The van der Waals surface area contributed by atoms with E-state index in [0.29, 0.717) is 12.3 Å². The van der Waals surface area contributed by atoms with Crippen LogP contribution in [0.4, 0.5) is 0 Å². The van der Waals surface area contributed by atoms with Gasteiger partial charge in [0.25, 0.3) is 5.91 Å². The fourth-order valence-corrected chi connectivity index (χ4v) is 1.63. The van der Waals surface area contributed by atoms with Gasteiger partial charge in [0.15, 0.2) is 6.61 Å². The Morgan fingerprint density at radius 2 is 2.37 bits per heavy atom. The van der Waals surface area contributed by atoms with Gasteiger partial charge in [0.05, 0.1) is 12.7 Å². The summed E-state index contributed by atoms with van der Waals surface area (Å²) >= 11 is 0. The van der Waals surface area contributed by atoms with Gasteiger partial charge in [0.2, 0.25) is 0 Å². The zero-order valence-corrected chi connectivity index (χ0v) is 10.7. The maximum absolute atomic E-state index is 11.7. The Morgan fingerprint density at radius 3 is 3.05 bits per heavy atom. The van der Waals surface area contributed by atoms with E-state index in [1.807, 2.05) is 19.2 Å². The molecule has 1 amide bonds. The van der Waals surface area contributed by atoms with Gasteiger partial charge in [-0.25, -0.2) is 0 Å². The van der Waals surface area contributed by atoms with Crippen molar-refractivity contribution in [2.75, 3.05) is 6.61 Å². The predicted octanol–water partition coefficient (Wildman–Crippen LogP) is 0.862. The zero-order valence-electron chi connectivity index (χ0n) is 10.7. The lowest BCUT2D eigenvalue weighted by Gasteiger charge is -2.14. The number of aromatic nitrogens is 3. The number of nitrogens with zero attached hydrogens (tertiary/aromatic N) is 3. The Morgan fingerprint density at radius 1 is 1.47 bits per heavy atom. The maximum Gasteiger partial charge on any atom is 0.258 e. The molecule has 0 aromatic carbocycles. The van der Waals surface area contributed by atoms with Crippen LogP contribution in [-0.4, -0.2) is 33.3 Å². The molecule has 0 aliphatic carbocycles. The highest BCUT2D eigenvalue weighted by atomic mass is 16.5. The monoisotopic (exact) mass is 260 g/mol. The van der Waals surface area contributed by atoms with Gasteiger partial charge in [0, 0.05) is 24.6 Å². The summed E-state index contributed by atoms with van der Waals surface area (Å²) in [6.45, 7) is 2.53. The lowest BCUT2D eigenvalue weighted by molar-refractivity contribution is -0.123. The lowest BCUT2D eigenvalue weighted by atomic mass is 10.3. The fourth-order valence-electron chi connectivity index (χ4n) is 1.63. The van der Waals surface area contributed by atoms with Crippen molar-refractivity contribution in [1.29, 1.82) is 0 Å². The van der Waals surface area contributed by atoms with E-state index in [-0.39, 0.29) is 18.6 Å². The van der Waals surface area contributed by atoms with E-state index in [1.165, 1.54) is 0 Å². The van der Waals surface area contributed by atoms with Crippen LogP contribution in [0.25, 0.3) is 0 Å². The molecule has 1 N–H and O–H groups in total. The molecular weight excluding hydrogens is 244 g/mol. The summed E-state index contributed by atoms with van der Waals surface area (Å²) in [6, 6.07) is 5.35. The number of ether oxygens (including phenoxy) is 1. The Balaban J connectivity index is 1.72. The van der Waals surface area contributed by atoms with Crippen LogP contribution >= 0.6 is 0 Å². The molecule has 2 rings (SSSR count). The average Bonchev–Trinajstić information content (AvgIpc) is 2.90. The van der Waals surface area contributed by atoms with Crippen molar-refractivity contribution in [3.05, 3.63) is 43.0 Å². The van der Waals surface area contributed by atoms with Gasteiger partial charge in [-0.1, -0.05) is 0 Å². The number of carbonyl (C=O) groups is 1. The first-order chi connectivity index (χ1) is 9.24. The van der Waals surface area contributed by atoms with E-state index < -0.39 is 0 Å². The third kappa shape index (κ3) is 4.42. The van der Waals surface area contributed by atoms with Crippen LogP contribution in [0, 0.1) is 0 Å². The van der Waals surface area contributed by atoms with Crippen molar-refractivity contribution in [1.82, 2.24) is 20.1 Å². The first-order valence-electron chi connectivity index (χ1n) is 6.03. The minimum Gasteiger partial charge on any atom is -0.482 e. The van der Waals surface area contributed by atoms with Crippen molar-refractivity contribution in [3.8, 4) is 5.75 Å². The van der Waals surface area contributed by atoms with Crippen LogP contribution in [0.1, 0.15) is 6.92 Å². The fraction of sp³-hybridized carbons (Fsp3) is 0.308. The van der Waals surface area contributed by atoms with Gasteiger partial charge in [-0.3, -0.25) is 14.5 Å². The van der Waals surface area contributed by atoms with Crippen molar-refractivity contribution in [2.45, 2.75) is 19.5 Å². The molecule has 6 heteroatoms. The number of carbonyl (C=O) groups excluding carboxylic acids is 1. The number of nitrogens with one attached hydrogen (secondary N) is 1. The van der Waals surface area contributed by atoms with Crippen LogP contribution in [-0.2, 0) is 11.3 Å². The zero-order chi connectivity index (χ0) is 13.5. The summed E-state index contributed by atoms with van der Waals surface area (Å²) in [5, 5.41) is 6.93. The van der Waals surface area contributed by atoms with Gasteiger partial charge in [-0.05, 0) is 25.1 Å². The Hall–Kier alpha value is -2.37. The minimum absolute atomic E-state index is 0.00935. The second kappa shape index (κ2) is 6.53. The van der Waals surface area contributed by atoms with Gasteiger partial charge < -0.3 is 10.1 Å². The minimum atomic E-state index is -0.163. The quantitative estimate of drug-likeness (QED) is 0.836. The van der Waals surface area contributed by atoms with E-state index >= 15 is 0 Å². The summed E-state index contributed by atoms with van der Waals surface area (Å²) in [6.07, 6.45) is 6.79. The Kier molecular flexibility index (Phi) is 4.49. The van der Waals surface area contributed by atoms with Crippen LogP contribution in [0.3, 0.4) is 0 Å². The first-order valence-corrected chi connectivity index (χ1v) is 6.03. The molecule has 0 bridgehead atoms. The third-order valence-corrected chi connectivity index (χ3v) is 2.43. The van der Waals surface area contributed by atoms with Crippen LogP contribution < -0.4 is 10.1 Å². The number of rotatable bonds is 6. The molecule has 2 heterocycles. The summed E-state index contributed by atoms with van der Waals surface area (Å²) in [5.41, 5.74) is 0. The highest BCUT2D eigenvalue weighted by molar-refractivity contribution is 5.77. The number of pyridine rings is 1. The topological polar surface area (TPSA) is 69.0 Å². The predicted molar refractivity (Wildman–Crippen MR) is 69.6 cm³/mol. The normalized spacial score (nSPS) is 11.8. The molecule has 0 aliphatic rings. The van der Waals surface area contributed by atoms with Crippen molar-refractivity contribution >= 4 is 5.91 Å². The molecule has 0 saturated heterocycles. The maximum atomic E-state index is 11.7. The number of amides is 1. The van der Waals surface area contributed by atoms with Crippen LogP contribution in [0.2, 0.25) is 0 Å². The smallest absolute Gasteiger partial charge is 0.258 e. The molecule has 0 aliphatic heterocycles. The molecule has 2 aromatic rings. The molecule has 1 atom stereocenters. The number of hydrogen-bond donors (Lipinski definition) is 1. The molecule has 19 heavy (non-hydrogen) atoms. The molecule has 0 saturated carbocycles. The lowest BCUT2D eigenvalue weighted by Crippen LogP contribution is -2.38. The second-order valence-corrected chi connectivity index (χ2v) is 4.17. The Labute approximate surface area is 111 Å². The largest absolute Gasteiger partial charge is 0.482 e. The summed E-state index contributed by atoms with van der Waals surface area (Å²) in [4.78, 5) is 15.6. The number of hydrogen-bond acceptors (Lipinski definition) is 4. The van der Waals surface area contributed by atoms with Gasteiger partial charge >= 0.3 is 0 Å². The van der Waals surface area contributed by atoms with Crippen molar-refractivity contribution in [3.63, 3.8) is 0 Å². The van der Waals surface area contributed by atoms with Gasteiger partial charge in [0.1, 0.15) is 5.75 Å². The Bertz CT molecular complexity index is 499. The summed E-state index contributed by atoms with van der Waals surface area (Å²) in [7, 11) is 0. The SMILES string of the molecule is C[C@@H](Cn1cccn1)NC(=O)COc1cccnc1. The van der Waals surface area contributed by atoms with E-state index in [2.05, 4.69) is 15.4 Å². The standard InChI is InChI=1S/C13H16N4O2/c1-11(9-17-7-3-6-15-17)16-13(18)10-19-12-4-2-5-14-8-12/h2-8,11H,9-10H2,1H3,(H,16,18)/t11-/m0/s1. The van der Waals surface area contributed by atoms with Crippen LogP contribution in [0.5, 0.6) is 5.75 Å². The van der Waals surface area contributed by atoms with Crippen LogP contribution in [0.15, 0.2) is 43.0 Å². The highest BCUT2D eigenvalue weighted by Gasteiger charge is 2.08. The average molecular weight is 260 g/mol. The molecule has 100 valence electrons. The van der Waals surface area contributed by atoms with Gasteiger partial charge in [-0.2, -0.15) is 5.10 Å². The summed E-state index contributed by atoms with van der Waals surface area (Å²) < 4.78 is 7.08. The molecule has 0 fully saturated rings. The molecule has 0 radical (unpaired) electrons. The molecular formula is C13H16N4O2. The molecule has 0 unspecified atom stereocenters. The summed E-state index contributed by atoms with van der Waals surface area (Å²) in [5.74, 6) is 0.417. The van der Waals surface area contributed by atoms with Crippen molar-refractivity contribution < 1.29 is 9.53 Å². The van der Waals surface area contributed by atoms with E-state index in [1.54, 1.807) is 35.4 Å².